The molecule has 0 radical (unpaired) electrons. The van der Waals surface area contributed by atoms with Crippen molar-refractivity contribution in [3.63, 3.8) is 0 Å². The molecule has 0 unspecified atom stereocenters. The lowest BCUT2D eigenvalue weighted by Crippen LogP contribution is -2.38. The van der Waals surface area contributed by atoms with Gasteiger partial charge in [-0.15, -0.1) is 11.3 Å². The van der Waals surface area contributed by atoms with Gasteiger partial charge < -0.3 is 20.6 Å². The van der Waals surface area contributed by atoms with Gasteiger partial charge in [0.1, 0.15) is 17.0 Å². The number of anilines is 1. The quantitative estimate of drug-likeness (QED) is 0.339. The number of carboxylic acid groups (broad SMARTS) is 3. The molecule has 1 aliphatic rings. The summed E-state index contributed by atoms with van der Waals surface area (Å²) >= 11 is 7.56. The van der Waals surface area contributed by atoms with Crippen LogP contribution in [0.4, 0.5) is 5.82 Å². The summed E-state index contributed by atoms with van der Waals surface area (Å²) in [6, 6.07) is 9.43. The van der Waals surface area contributed by atoms with E-state index >= 15 is 0 Å². The van der Waals surface area contributed by atoms with E-state index in [1.54, 1.807) is 24.5 Å². The zero-order valence-corrected chi connectivity index (χ0v) is 20.0. The molecule has 0 saturated carbocycles. The number of nitrogens with one attached hydrogen (secondary N) is 1. The summed E-state index contributed by atoms with van der Waals surface area (Å²) in [6.07, 6.45) is 4.69. The molecule has 1 aromatic carbocycles. The van der Waals surface area contributed by atoms with Crippen molar-refractivity contribution < 1.29 is 29.7 Å². The van der Waals surface area contributed by atoms with Gasteiger partial charge in [0.2, 0.25) is 0 Å². The van der Waals surface area contributed by atoms with Crippen LogP contribution in [0.2, 0.25) is 4.34 Å². The summed E-state index contributed by atoms with van der Waals surface area (Å²) in [5.41, 5.74) is 1.37. The van der Waals surface area contributed by atoms with Gasteiger partial charge in [0, 0.05) is 37.8 Å². The molecule has 1 aliphatic heterocycles. The van der Waals surface area contributed by atoms with E-state index in [1.165, 1.54) is 11.3 Å². The molecule has 12 heteroatoms. The number of fused-ring (bicyclic) bond motifs is 1. The Balaban J connectivity index is 0.000000371. The minimum atomic E-state index is -1.26. The fourth-order valence-corrected chi connectivity index (χ4v) is 4.63. The molecule has 2 aromatic heterocycles. The van der Waals surface area contributed by atoms with Crippen LogP contribution in [0.25, 0.3) is 10.2 Å². The predicted octanol–water partition coefficient (Wildman–Crippen LogP) is 3.83. The highest BCUT2D eigenvalue weighted by Crippen LogP contribution is 2.32. The lowest BCUT2D eigenvalue weighted by molar-refractivity contribution is -0.134. The fraction of sp³-hybridized carbons (Fsp3) is 0.261. The largest absolute Gasteiger partial charge is 0.478 e. The van der Waals surface area contributed by atoms with Gasteiger partial charge in [-0.05, 0) is 36.6 Å². The van der Waals surface area contributed by atoms with Crippen LogP contribution in [0.15, 0.2) is 48.8 Å². The predicted molar refractivity (Wildman–Crippen MR) is 132 cm³/mol. The second kappa shape index (κ2) is 12.2. The zero-order valence-electron chi connectivity index (χ0n) is 18.4. The molecule has 10 nitrogen and oxygen atoms in total. The van der Waals surface area contributed by atoms with Gasteiger partial charge in [0.25, 0.3) is 0 Å². The maximum Gasteiger partial charge on any atom is 0.335 e. The Hall–Kier alpha value is -3.54. The number of carboxylic acids is 3. The number of rotatable bonds is 7. The van der Waals surface area contributed by atoms with Crippen molar-refractivity contribution in [3.05, 3.63) is 64.3 Å². The number of aromatic carboxylic acids is 1. The first-order valence-corrected chi connectivity index (χ1v) is 11.8. The number of hydrogen-bond acceptors (Lipinski definition) is 8. The third-order valence-electron chi connectivity index (χ3n) is 5.18. The Bertz CT molecular complexity index is 1220. The summed E-state index contributed by atoms with van der Waals surface area (Å²) in [6.45, 7) is 2.67. The number of aliphatic carboxylic acids is 2. The van der Waals surface area contributed by atoms with E-state index < -0.39 is 17.9 Å². The van der Waals surface area contributed by atoms with Crippen LogP contribution in [-0.4, -0.2) is 67.2 Å². The Labute approximate surface area is 209 Å². The van der Waals surface area contributed by atoms with Crippen molar-refractivity contribution in [2.75, 3.05) is 18.4 Å². The maximum absolute atomic E-state index is 11.1. The number of benzene rings is 1. The van der Waals surface area contributed by atoms with Crippen molar-refractivity contribution >= 4 is 56.9 Å². The molecule has 0 atom stereocenters. The number of carbonyl (C=O) groups is 3. The molecular weight excluding hydrogens is 496 g/mol. The monoisotopic (exact) mass is 518 g/mol. The number of nitrogens with zero attached hydrogens (tertiary/aromatic N) is 3. The summed E-state index contributed by atoms with van der Waals surface area (Å²) in [4.78, 5) is 42.1. The molecule has 0 aliphatic carbocycles. The lowest BCUT2D eigenvalue weighted by atomic mass is 10.0. The minimum absolute atomic E-state index is 0.339. The molecule has 1 saturated heterocycles. The summed E-state index contributed by atoms with van der Waals surface area (Å²) < 4.78 is 0.715. The first-order chi connectivity index (χ1) is 16.7. The van der Waals surface area contributed by atoms with Crippen LogP contribution in [0.5, 0.6) is 0 Å². The highest BCUT2D eigenvalue weighted by molar-refractivity contribution is 7.22. The zero-order chi connectivity index (χ0) is 25.4. The van der Waals surface area contributed by atoms with E-state index in [0.717, 1.165) is 54.1 Å². The molecule has 0 bridgehead atoms. The molecular formula is C23H23ClN4O6S. The van der Waals surface area contributed by atoms with Crippen molar-refractivity contribution in [2.45, 2.75) is 25.4 Å². The number of aromatic nitrogens is 2. The van der Waals surface area contributed by atoms with E-state index in [0.29, 0.717) is 28.1 Å². The highest BCUT2D eigenvalue weighted by atomic mass is 35.5. The van der Waals surface area contributed by atoms with E-state index in [2.05, 4.69) is 20.2 Å². The lowest BCUT2D eigenvalue weighted by Gasteiger charge is -2.32. The number of halogens is 1. The van der Waals surface area contributed by atoms with Gasteiger partial charge >= 0.3 is 17.9 Å². The molecule has 35 heavy (non-hydrogen) atoms. The molecule has 184 valence electrons. The van der Waals surface area contributed by atoms with Gasteiger partial charge in [0.05, 0.1) is 15.3 Å². The third kappa shape index (κ3) is 8.02. The minimum Gasteiger partial charge on any atom is -0.478 e. The Morgan fingerprint density at radius 1 is 1.09 bits per heavy atom. The van der Waals surface area contributed by atoms with Gasteiger partial charge in [0.15, 0.2) is 0 Å². The second-order valence-corrected chi connectivity index (χ2v) is 9.36. The normalized spacial score (nSPS) is 14.4. The van der Waals surface area contributed by atoms with Crippen molar-refractivity contribution in [1.82, 2.24) is 14.9 Å². The summed E-state index contributed by atoms with van der Waals surface area (Å²) in [7, 11) is 0. The molecule has 4 rings (SSSR count). The molecule has 0 amide bonds. The third-order valence-corrected chi connectivity index (χ3v) is 6.35. The van der Waals surface area contributed by atoms with Crippen LogP contribution < -0.4 is 5.32 Å². The maximum atomic E-state index is 11.1. The number of thiophene rings is 1. The number of hydrogen-bond donors (Lipinski definition) is 4. The summed E-state index contributed by atoms with van der Waals surface area (Å²) in [5, 5.41) is 29.3. The van der Waals surface area contributed by atoms with Crippen molar-refractivity contribution in [1.29, 1.82) is 0 Å². The Morgan fingerprint density at radius 3 is 2.40 bits per heavy atom. The van der Waals surface area contributed by atoms with Gasteiger partial charge in [-0.25, -0.2) is 24.4 Å². The van der Waals surface area contributed by atoms with Crippen molar-refractivity contribution in [3.8, 4) is 0 Å². The Kier molecular flexibility index (Phi) is 9.12. The van der Waals surface area contributed by atoms with Crippen LogP contribution in [0.3, 0.4) is 0 Å². The van der Waals surface area contributed by atoms with E-state index in [1.807, 2.05) is 12.1 Å². The van der Waals surface area contributed by atoms with Crippen LogP contribution in [0.1, 0.15) is 28.8 Å². The van der Waals surface area contributed by atoms with Crippen molar-refractivity contribution in [2.24, 2.45) is 0 Å². The Morgan fingerprint density at radius 2 is 1.77 bits per heavy atom. The molecule has 0 spiro atoms. The molecule has 3 aromatic rings. The van der Waals surface area contributed by atoms with Gasteiger partial charge in [-0.1, -0.05) is 23.7 Å². The molecule has 1 fully saturated rings. The molecule has 3 heterocycles. The first kappa shape index (κ1) is 26.1. The standard InChI is InChI=1S/C19H19ClN4O2S.C4H4O4/c20-16-9-15-17(21-11-22-18(15)27-16)23-14-4-6-24(7-5-14)10-12-2-1-3-13(8-12)19(25)26;5-3(6)1-2-4(7)8/h1-3,8-9,11,14H,4-7,10H2,(H,25,26)(H,21,22,23);1-2H,(H,5,6)(H,7,8)/b;2-1-. The number of piperidine rings is 1. The number of likely N-dealkylation sites (tertiary alicyclic amines) is 1. The smallest absolute Gasteiger partial charge is 0.335 e. The van der Waals surface area contributed by atoms with Crippen LogP contribution in [-0.2, 0) is 16.1 Å². The van der Waals surface area contributed by atoms with E-state index in [4.69, 9.17) is 26.9 Å². The van der Waals surface area contributed by atoms with Gasteiger partial charge in [-0.2, -0.15) is 0 Å². The first-order valence-electron chi connectivity index (χ1n) is 10.6. The van der Waals surface area contributed by atoms with Crippen LogP contribution >= 0.6 is 22.9 Å². The second-order valence-electron chi connectivity index (χ2n) is 7.70. The van der Waals surface area contributed by atoms with E-state index in [9.17, 15) is 14.4 Å². The average Bonchev–Trinajstić information content (AvgIpc) is 3.21. The highest BCUT2D eigenvalue weighted by Gasteiger charge is 2.21. The topological polar surface area (TPSA) is 153 Å². The van der Waals surface area contributed by atoms with E-state index in [-0.39, 0.29) is 0 Å². The molecule has 4 N–H and O–H groups in total. The fourth-order valence-electron chi connectivity index (χ4n) is 3.57. The van der Waals surface area contributed by atoms with Gasteiger partial charge in [-0.3, -0.25) is 4.90 Å². The average molecular weight is 519 g/mol. The summed E-state index contributed by atoms with van der Waals surface area (Å²) in [5.74, 6) is -2.56. The SMILES string of the molecule is O=C(O)/C=C\C(=O)O.O=C(O)c1cccc(CN2CCC(Nc3ncnc4sc(Cl)cc34)CC2)c1. The van der Waals surface area contributed by atoms with Crippen LogP contribution in [0, 0.1) is 0 Å².